The van der Waals surface area contributed by atoms with Crippen LogP contribution in [0.2, 0.25) is 0 Å². The molecule has 1 heterocycles. The zero-order valence-corrected chi connectivity index (χ0v) is 12.9. The molecular weight excluding hydrogens is 286 g/mol. The Morgan fingerprint density at radius 3 is 2.67 bits per heavy atom. The van der Waals surface area contributed by atoms with Crippen molar-refractivity contribution >= 4 is 21.6 Å². The summed E-state index contributed by atoms with van der Waals surface area (Å²) in [5.74, 6) is 1.61. The Hall–Kier alpha value is -0.500. The van der Waals surface area contributed by atoms with E-state index in [0.717, 1.165) is 18.4 Å². The van der Waals surface area contributed by atoms with Gasteiger partial charge in [0.2, 0.25) is 0 Å². The van der Waals surface area contributed by atoms with E-state index in [0.29, 0.717) is 5.41 Å². The zero-order chi connectivity index (χ0) is 12.8. The lowest BCUT2D eigenvalue weighted by molar-refractivity contribution is 0.176. The van der Waals surface area contributed by atoms with Gasteiger partial charge in [0.25, 0.3) is 0 Å². The number of nitrogens with one attached hydrogen (secondary N) is 1. The molecule has 1 aromatic carbocycles. The molecule has 1 aliphatic carbocycles. The third kappa shape index (κ3) is 2.32. The fraction of sp³-hybridized carbons (Fsp3) is 0.625. The van der Waals surface area contributed by atoms with Crippen LogP contribution in [-0.4, -0.2) is 6.54 Å². The van der Waals surface area contributed by atoms with Gasteiger partial charge in [0, 0.05) is 22.6 Å². The maximum atomic E-state index is 3.61. The number of halogens is 1. The summed E-state index contributed by atoms with van der Waals surface area (Å²) in [6, 6.07) is 6.67. The molecule has 1 nitrogen and oxygen atoms in total. The van der Waals surface area contributed by atoms with E-state index in [1.807, 2.05) is 0 Å². The van der Waals surface area contributed by atoms with Crippen molar-refractivity contribution in [3.63, 3.8) is 0 Å². The average molecular weight is 308 g/mol. The van der Waals surface area contributed by atoms with Gasteiger partial charge in [0.05, 0.1) is 0 Å². The van der Waals surface area contributed by atoms with E-state index in [9.17, 15) is 0 Å². The van der Waals surface area contributed by atoms with E-state index < -0.39 is 0 Å². The highest BCUT2D eigenvalue weighted by Crippen LogP contribution is 2.47. The smallest absolute Gasteiger partial charge is 0.0377 e. The van der Waals surface area contributed by atoms with Gasteiger partial charge in [0.15, 0.2) is 0 Å². The minimum atomic E-state index is 0.572. The van der Waals surface area contributed by atoms with Crippen molar-refractivity contribution in [2.75, 3.05) is 11.9 Å². The number of hydrogen-bond donors (Lipinski definition) is 1. The molecule has 2 heteroatoms. The molecule has 0 radical (unpaired) electrons. The summed E-state index contributed by atoms with van der Waals surface area (Å²) in [6.45, 7) is 5.97. The van der Waals surface area contributed by atoms with Gasteiger partial charge in [-0.3, -0.25) is 0 Å². The second kappa shape index (κ2) is 4.56. The molecule has 0 bridgehead atoms. The summed E-state index contributed by atoms with van der Waals surface area (Å²) in [5, 5.41) is 3.57. The minimum absolute atomic E-state index is 0.572. The Morgan fingerprint density at radius 2 is 1.94 bits per heavy atom. The molecule has 1 aromatic rings. The highest BCUT2D eigenvalue weighted by molar-refractivity contribution is 9.10. The first kappa shape index (κ1) is 12.5. The third-order valence-corrected chi connectivity index (χ3v) is 5.37. The molecule has 0 aromatic heterocycles. The van der Waals surface area contributed by atoms with Crippen molar-refractivity contribution < 1.29 is 0 Å². The maximum Gasteiger partial charge on any atom is 0.0377 e. The first-order valence-corrected chi connectivity index (χ1v) is 7.88. The van der Waals surface area contributed by atoms with Gasteiger partial charge in [-0.15, -0.1) is 0 Å². The lowest BCUT2D eigenvalue weighted by Gasteiger charge is -2.37. The molecule has 2 aliphatic rings. The lowest BCUT2D eigenvalue weighted by atomic mass is 9.68. The molecule has 1 N–H and O–H groups in total. The molecule has 3 rings (SSSR count). The number of rotatable bonds is 1. The Labute approximate surface area is 118 Å². The molecule has 1 fully saturated rings. The van der Waals surface area contributed by atoms with E-state index >= 15 is 0 Å². The molecule has 1 unspecified atom stereocenters. The van der Waals surface area contributed by atoms with Crippen LogP contribution in [0.15, 0.2) is 22.7 Å². The second-order valence-electron chi connectivity index (χ2n) is 6.72. The van der Waals surface area contributed by atoms with Gasteiger partial charge >= 0.3 is 0 Å². The van der Waals surface area contributed by atoms with Crippen molar-refractivity contribution in [1.29, 1.82) is 0 Å². The molecule has 18 heavy (non-hydrogen) atoms. The lowest BCUT2D eigenvalue weighted by Crippen LogP contribution is -2.25. The predicted octanol–water partition coefficient (Wildman–Crippen LogP) is 5.17. The van der Waals surface area contributed by atoms with Crippen LogP contribution >= 0.6 is 15.9 Å². The number of fused-ring (bicyclic) bond motifs is 1. The van der Waals surface area contributed by atoms with Crippen LogP contribution in [0.3, 0.4) is 0 Å². The standard InChI is InChI=1S/C16H22BrN/c1-16(2)7-5-11(6-8-16)14-10-18-15-4-3-12(17)9-13(14)15/h3-4,9,11,14,18H,5-8,10H2,1-2H3. The van der Waals surface area contributed by atoms with E-state index in [1.165, 1.54) is 41.4 Å². The van der Waals surface area contributed by atoms with Gasteiger partial charge in [0.1, 0.15) is 0 Å². The van der Waals surface area contributed by atoms with Crippen LogP contribution in [0, 0.1) is 11.3 Å². The van der Waals surface area contributed by atoms with Crippen molar-refractivity contribution in [3.05, 3.63) is 28.2 Å². The Kier molecular flexibility index (Phi) is 3.17. The topological polar surface area (TPSA) is 12.0 Å². The largest absolute Gasteiger partial charge is 0.384 e. The molecule has 1 atom stereocenters. The van der Waals surface area contributed by atoms with Gasteiger partial charge < -0.3 is 5.32 Å². The first-order chi connectivity index (χ1) is 8.55. The molecule has 1 saturated carbocycles. The normalized spacial score (nSPS) is 26.7. The van der Waals surface area contributed by atoms with E-state index in [-0.39, 0.29) is 0 Å². The molecule has 0 saturated heterocycles. The molecule has 1 aliphatic heterocycles. The van der Waals surface area contributed by atoms with Crippen LogP contribution in [0.4, 0.5) is 5.69 Å². The molecule has 98 valence electrons. The van der Waals surface area contributed by atoms with E-state index in [4.69, 9.17) is 0 Å². The minimum Gasteiger partial charge on any atom is -0.384 e. The SMILES string of the molecule is CC1(C)CCC(C2CNc3ccc(Br)cc32)CC1. The molecule has 0 amide bonds. The van der Waals surface area contributed by atoms with E-state index in [2.05, 4.69) is 53.3 Å². The van der Waals surface area contributed by atoms with Crippen molar-refractivity contribution in [2.24, 2.45) is 11.3 Å². The van der Waals surface area contributed by atoms with Gasteiger partial charge in [-0.1, -0.05) is 29.8 Å². The van der Waals surface area contributed by atoms with Crippen LogP contribution in [0.5, 0.6) is 0 Å². The molecule has 0 spiro atoms. The van der Waals surface area contributed by atoms with Crippen LogP contribution in [0.25, 0.3) is 0 Å². The van der Waals surface area contributed by atoms with Crippen molar-refractivity contribution in [3.8, 4) is 0 Å². The van der Waals surface area contributed by atoms with Crippen molar-refractivity contribution in [2.45, 2.75) is 45.4 Å². The fourth-order valence-corrected chi connectivity index (χ4v) is 3.95. The van der Waals surface area contributed by atoms with Crippen LogP contribution < -0.4 is 5.32 Å². The van der Waals surface area contributed by atoms with Crippen LogP contribution in [-0.2, 0) is 0 Å². The summed E-state index contributed by atoms with van der Waals surface area (Å²) in [6.07, 6.45) is 5.56. The van der Waals surface area contributed by atoms with E-state index in [1.54, 1.807) is 0 Å². The summed E-state index contributed by atoms with van der Waals surface area (Å²) >= 11 is 3.61. The summed E-state index contributed by atoms with van der Waals surface area (Å²) in [7, 11) is 0. The summed E-state index contributed by atoms with van der Waals surface area (Å²) in [5.41, 5.74) is 3.46. The Bertz CT molecular complexity index is 442. The van der Waals surface area contributed by atoms with Gasteiger partial charge in [-0.2, -0.15) is 0 Å². The van der Waals surface area contributed by atoms with Gasteiger partial charge in [-0.25, -0.2) is 0 Å². The number of benzene rings is 1. The van der Waals surface area contributed by atoms with Crippen LogP contribution in [0.1, 0.15) is 51.0 Å². The number of hydrogen-bond acceptors (Lipinski definition) is 1. The monoisotopic (exact) mass is 307 g/mol. The zero-order valence-electron chi connectivity index (χ0n) is 11.3. The highest BCUT2D eigenvalue weighted by Gasteiger charge is 2.35. The Balaban J connectivity index is 1.78. The third-order valence-electron chi connectivity index (χ3n) is 4.88. The summed E-state index contributed by atoms with van der Waals surface area (Å²) in [4.78, 5) is 0. The maximum absolute atomic E-state index is 3.61. The fourth-order valence-electron chi connectivity index (χ4n) is 3.58. The first-order valence-electron chi connectivity index (χ1n) is 7.08. The average Bonchev–Trinajstić information content (AvgIpc) is 2.72. The quantitative estimate of drug-likeness (QED) is 0.754. The van der Waals surface area contributed by atoms with Crippen molar-refractivity contribution in [1.82, 2.24) is 0 Å². The summed E-state index contributed by atoms with van der Waals surface area (Å²) < 4.78 is 1.21. The Morgan fingerprint density at radius 1 is 1.22 bits per heavy atom. The molecular formula is C16H22BrN. The number of anilines is 1. The predicted molar refractivity (Wildman–Crippen MR) is 81.1 cm³/mol. The highest BCUT2D eigenvalue weighted by atomic mass is 79.9. The van der Waals surface area contributed by atoms with Gasteiger partial charge in [-0.05, 0) is 60.8 Å². The second-order valence-corrected chi connectivity index (χ2v) is 7.64.